The van der Waals surface area contributed by atoms with E-state index in [1.807, 2.05) is 31.2 Å². The zero-order valence-corrected chi connectivity index (χ0v) is 16.3. The van der Waals surface area contributed by atoms with E-state index in [9.17, 15) is 9.59 Å². The highest BCUT2D eigenvalue weighted by atomic mass is 32.2. The summed E-state index contributed by atoms with van der Waals surface area (Å²) in [6.07, 6.45) is 0. The molecule has 8 nitrogen and oxygen atoms in total. The van der Waals surface area contributed by atoms with Crippen molar-refractivity contribution in [3.05, 3.63) is 54.1 Å². The highest BCUT2D eigenvalue weighted by molar-refractivity contribution is 7.99. The number of nitrogens with one attached hydrogen (secondary N) is 2. The Balaban J connectivity index is 1.57. The Bertz CT molecular complexity index is 983. The average molecular weight is 396 g/mol. The van der Waals surface area contributed by atoms with E-state index in [0.29, 0.717) is 22.4 Å². The molecule has 144 valence electrons. The standard InChI is InChI=1S/C19H20N6O2S/c1-12-3-5-14(6-4-12)18-23-24-19(25(18)20)28-11-17(27)22-16-9-7-15(8-10-16)21-13(2)26/h3-10H,11,20H2,1-2H3,(H,21,26)(H,22,27). The van der Waals surface area contributed by atoms with E-state index in [1.54, 1.807) is 24.3 Å². The van der Waals surface area contributed by atoms with E-state index in [4.69, 9.17) is 5.84 Å². The molecule has 0 atom stereocenters. The number of hydrogen-bond donors (Lipinski definition) is 3. The van der Waals surface area contributed by atoms with Crippen LogP contribution in [0.2, 0.25) is 0 Å². The number of nitrogens with zero attached hydrogens (tertiary/aromatic N) is 3. The number of anilines is 2. The van der Waals surface area contributed by atoms with Crippen LogP contribution in [0.1, 0.15) is 12.5 Å². The van der Waals surface area contributed by atoms with Crippen molar-refractivity contribution >= 4 is 35.0 Å². The van der Waals surface area contributed by atoms with Gasteiger partial charge in [0.2, 0.25) is 17.0 Å². The molecule has 1 heterocycles. The van der Waals surface area contributed by atoms with Gasteiger partial charge < -0.3 is 16.5 Å². The Morgan fingerprint density at radius 3 is 2.21 bits per heavy atom. The van der Waals surface area contributed by atoms with E-state index >= 15 is 0 Å². The monoisotopic (exact) mass is 396 g/mol. The summed E-state index contributed by atoms with van der Waals surface area (Å²) in [5.74, 6) is 6.40. The van der Waals surface area contributed by atoms with E-state index < -0.39 is 0 Å². The fourth-order valence-corrected chi connectivity index (χ4v) is 3.10. The predicted octanol–water partition coefficient (Wildman–Crippen LogP) is 2.66. The quantitative estimate of drug-likeness (QED) is 0.436. The molecule has 2 amide bonds. The van der Waals surface area contributed by atoms with Crippen LogP contribution in [0.25, 0.3) is 11.4 Å². The summed E-state index contributed by atoms with van der Waals surface area (Å²) >= 11 is 1.20. The lowest BCUT2D eigenvalue weighted by Crippen LogP contribution is -2.16. The van der Waals surface area contributed by atoms with Crippen molar-refractivity contribution in [2.45, 2.75) is 19.0 Å². The van der Waals surface area contributed by atoms with Gasteiger partial charge in [-0.3, -0.25) is 9.59 Å². The zero-order valence-electron chi connectivity index (χ0n) is 15.5. The maximum Gasteiger partial charge on any atom is 0.234 e. The molecule has 4 N–H and O–H groups in total. The average Bonchev–Trinajstić information content (AvgIpc) is 3.02. The van der Waals surface area contributed by atoms with Gasteiger partial charge in [0, 0.05) is 23.9 Å². The minimum atomic E-state index is -0.197. The number of carbonyl (C=O) groups is 2. The Morgan fingerprint density at radius 2 is 1.61 bits per heavy atom. The van der Waals surface area contributed by atoms with E-state index in [-0.39, 0.29) is 17.6 Å². The van der Waals surface area contributed by atoms with Crippen molar-refractivity contribution in [3.8, 4) is 11.4 Å². The topological polar surface area (TPSA) is 115 Å². The molecule has 1 aromatic heterocycles. The number of aromatic nitrogens is 3. The number of aryl methyl sites for hydroxylation is 1. The second-order valence-corrected chi connectivity index (χ2v) is 7.08. The number of nitrogens with two attached hydrogens (primary N) is 1. The van der Waals surface area contributed by atoms with Crippen LogP contribution < -0.4 is 16.5 Å². The Morgan fingerprint density at radius 1 is 1.00 bits per heavy atom. The number of carbonyl (C=O) groups excluding carboxylic acids is 2. The summed E-state index contributed by atoms with van der Waals surface area (Å²) < 4.78 is 1.38. The smallest absolute Gasteiger partial charge is 0.234 e. The maximum absolute atomic E-state index is 12.2. The molecular weight excluding hydrogens is 376 g/mol. The van der Waals surface area contributed by atoms with Crippen molar-refractivity contribution in [2.75, 3.05) is 22.2 Å². The number of benzene rings is 2. The lowest BCUT2D eigenvalue weighted by Gasteiger charge is -2.07. The van der Waals surface area contributed by atoms with Crippen LogP contribution >= 0.6 is 11.8 Å². The Kier molecular flexibility index (Phi) is 5.95. The molecule has 0 radical (unpaired) electrons. The van der Waals surface area contributed by atoms with Crippen molar-refractivity contribution in [3.63, 3.8) is 0 Å². The van der Waals surface area contributed by atoms with Gasteiger partial charge in [-0.25, -0.2) is 4.68 Å². The van der Waals surface area contributed by atoms with Crippen molar-refractivity contribution in [1.82, 2.24) is 14.9 Å². The molecule has 0 unspecified atom stereocenters. The van der Waals surface area contributed by atoms with Gasteiger partial charge >= 0.3 is 0 Å². The third-order valence-corrected chi connectivity index (χ3v) is 4.74. The van der Waals surface area contributed by atoms with Crippen LogP contribution in [0.4, 0.5) is 11.4 Å². The van der Waals surface area contributed by atoms with Gasteiger partial charge in [0.1, 0.15) is 0 Å². The van der Waals surface area contributed by atoms with E-state index in [2.05, 4.69) is 20.8 Å². The van der Waals surface area contributed by atoms with Gasteiger partial charge in [-0.15, -0.1) is 10.2 Å². The summed E-state index contributed by atoms with van der Waals surface area (Å²) in [6, 6.07) is 14.7. The fraction of sp³-hybridized carbons (Fsp3) is 0.158. The minimum Gasteiger partial charge on any atom is -0.335 e. The Hall–Kier alpha value is -3.33. The normalized spacial score (nSPS) is 10.5. The molecule has 0 fully saturated rings. The molecule has 0 aliphatic carbocycles. The van der Waals surface area contributed by atoms with Gasteiger partial charge in [0.15, 0.2) is 5.82 Å². The highest BCUT2D eigenvalue weighted by Gasteiger charge is 2.14. The zero-order chi connectivity index (χ0) is 20.1. The minimum absolute atomic E-state index is 0.136. The summed E-state index contributed by atoms with van der Waals surface area (Å²) in [5, 5.41) is 14.1. The van der Waals surface area contributed by atoms with Gasteiger partial charge in [0.25, 0.3) is 0 Å². The molecule has 0 spiro atoms. The number of thioether (sulfide) groups is 1. The van der Waals surface area contributed by atoms with Crippen LogP contribution in [-0.4, -0.2) is 32.4 Å². The lowest BCUT2D eigenvalue weighted by molar-refractivity contribution is -0.114. The molecule has 0 saturated carbocycles. The number of amides is 2. The second kappa shape index (κ2) is 8.57. The number of rotatable bonds is 6. The molecule has 9 heteroatoms. The number of nitrogen functional groups attached to an aromatic ring is 1. The summed E-state index contributed by atoms with van der Waals surface area (Å²) in [7, 11) is 0. The van der Waals surface area contributed by atoms with Gasteiger partial charge in [-0.2, -0.15) is 0 Å². The van der Waals surface area contributed by atoms with Crippen LogP contribution in [0.15, 0.2) is 53.7 Å². The number of hydrogen-bond acceptors (Lipinski definition) is 6. The summed E-state index contributed by atoms with van der Waals surface area (Å²) in [5.41, 5.74) is 3.30. The van der Waals surface area contributed by atoms with Crippen molar-refractivity contribution in [2.24, 2.45) is 0 Å². The van der Waals surface area contributed by atoms with Gasteiger partial charge in [0.05, 0.1) is 5.75 Å². The molecule has 0 aliphatic rings. The third kappa shape index (κ3) is 4.89. The van der Waals surface area contributed by atoms with Crippen molar-refractivity contribution in [1.29, 1.82) is 0 Å². The molecule has 3 aromatic rings. The largest absolute Gasteiger partial charge is 0.335 e. The first-order valence-electron chi connectivity index (χ1n) is 8.50. The first-order valence-corrected chi connectivity index (χ1v) is 9.49. The molecule has 0 bridgehead atoms. The molecule has 2 aromatic carbocycles. The van der Waals surface area contributed by atoms with Crippen LogP contribution in [0, 0.1) is 6.92 Å². The first-order chi connectivity index (χ1) is 13.4. The first kappa shape index (κ1) is 19.4. The Labute approximate surface area is 166 Å². The van der Waals surface area contributed by atoms with Crippen LogP contribution in [0.3, 0.4) is 0 Å². The van der Waals surface area contributed by atoms with E-state index in [0.717, 1.165) is 11.1 Å². The van der Waals surface area contributed by atoms with Crippen LogP contribution in [-0.2, 0) is 9.59 Å². The van der Waals surface area contributed by atoms with Crippen LogP contribution in [0.5, 0.6) is 0 Å². The molecule has 3 rings (SSSR count). The fourth-order valence-electron chi connectivity index (χ4n) is 2.44. The summed E-state index contributed by atoms with van der Waals surface area (Å²) in [4.78, 5) is 23.2. The van der Waals surface area contributed by atoms with Gasteiger partial charge in [-0.1, -0.05) is 41.6 Å². The maximum atomic E-state index is 12.2. The lowest BCUT2D eigenvalue weighted by atomic mass is 10.1. The van der Waals surface area contributed by atoms with E-state index in [1.165, 1.54) is 23.4 Å². The third-order valence-electron chi connectivity index (χ3n) is 3.80. The molecule has 0 aliphatic heterocycles. The predicted molar refractivity (Wildman–Crippen MR) is 110 cm³/mol. The second-order valence-electron chi connectivity index (χ2n) is 6.14. The summed E-state index contributed by atoms with van der Waals surface area (Å²) in [6.45, 7) is 3.44. The molecular formula is C19H20N6O2S. The SMILES string of the molecule is CC(=O)Nc1ccc(NC(=O)CSc2nnc(-c3ccc(C)cc3)n2N)cc1. The molecule has 0 saturated heterocycles. The highest BCUT2D eigenvalue weighted by Crippen LogP contribution is 2.22. The van der Waals surface area contributed by atoms with Gasteiger partial charge in [-0.05, 0) is 31.2 Å². The molecule has 28 heavy (non-hydrogen) atoms. The van der Waals surface area contributed by atoms with Crippen molar-refractivity contribution < 1.29 is 9.59 Å².